The van der Waals surface area contributed by atoms with Gasteiger partial charge in [-0.15, -0.1) is 10.2 Å². The number of carbonyl (C=O) groups excluding carboxylic acids is 1. The maximum Gasteiger partial charge on any atom is 0.451 e. The number of nitrogens with zero attached hydrogens (tertiary/aromatic N) is 6. The molecular formula is C16H21F3N6O. The van der Waals surface area contributed by atoms with Gasteiger partial charge in [0.25, 0.3) is 0 Å². The lowest BCUT2D eigenvalue weighted by Crippen LogP contribution is -2.42. The molecule has 0 aromatic carbocycles. The molecule has 2 aromatic heterocycles. The molecule has 142 valence electrons. The summed E-state index contributed by atoms with van der Waals surface area (Å²) in [7, 11) is 0. The van der Waals surface area contributed by atoms with Gasteiger partial charge >= 0.3 is 6.18 Å². The lowest BCUT2D eigenvalue weighted by Gasteiger charge is -2.34. The molecule has 1 atom stereocenters. The molecule has 0 fully saturated rings. The highest BCUT2D eigenvalue weighted by molar-refractivity contribution is 5.77. The lowest BCUT2D eigenvalue weighted by molar-refractivity contribution is -0.148. The Bertz CT molecular complexity index is 810. The minimum absolute atomic E-state index is 0.0417. The van der Waals surface area contributed by atoms with Crippen LogP contribution in [0.1, 0.15) is 49.2 Å². The fraction of sp³-hybridized carbons (Fsp3) is 0.625. The van der Waals surface area contributed by atoms with E-state index in [2.05, 4.69) is 15.3 Å². The Balaban J connectivity index is 1.69. The molecule has 1 aliphatic heterocycles. The lowest BCUT2D eigenvalue weighted by atomic mass is 10.1. The number of fused-ring (bicyclic) bond motifs is 1. The van der Waals surface area contributed by atoms with E-state index in [1.807, 2.05) is 24.7 Å². The highest BCUT2D eigenvalue weighted by Crippen LogP contribution is 2.32. The van der Waals surface area contributed by atoms with E-state index in [-0.39, 0.29) is 31.2 Å². The molecule has 1 amide bonds. The van der Waals surface area contributed by atoms with Crippen molar-refractivity contribution in [3.05, 3.63) is 29.1 Å². The van der Waals surface area contributed by atoms with Crippen LogP contribution in [0, 0.1) is 6.92 Å². The first-order valence-electron chi connectivity index (χ1n) is 8.55. The summed E-state index contributed by atoms with van der Waals surface area (Å²) in [6, 6.07) is -0.542. The van der Waals surface area contributed by atoms with Gasteiger partial charge in [0.2, 0.25) is 11.7 Å². The Morgan fingerprint density at radius 1 is 1.31 bits per heavy atom. The van der Waals surface area contributed by atoms with Gasteiger partial charge in [0.15, 0.2) is 5.82 Å². The fourth-order valence-electron chi connectivity index (χ4n) is 3.29. The second-order valence-corrected chi connectivity index (χ2v) is 6.39. The molecule has 26 heavy (non-hydrogen) atoms. The summed E-state index contributed by atoms with van der Waals surface area (Å²) in [5.41, 5.74) is 1.90. The van der Waals surface area contributed by atoms with Crippen molar-refractivity contribution >= 4 is 5.91 Å². The summed E-state index contributed by atoms with van der Waals surface area (Å²) >= 11 is 0. The van der Waals surface area contributed by atoms with Crippen molar-refractivity contribution in [2.75, 3.05) is 6.54 Å². The predicted octanol–water partition coefficient (Wildman–Crippen LogP) is 2.36. The fourth-order valence-corrected chi connectivity index (χ4v) is 3.29. The van der Waals surface area contributed by atoms with Crippen LogP contribution < -0.4 is 0 Å². The van der Waals surface area contributed by atoms with Crippen LogP contribution >= 0.6 is 0 Å². The van der Waals surface area contributed by atoms with Crippen LogP contribution in [0.15, 0.2) is 6.20 Å². The van der Waals surface area contributed by atoms with Crippen LogP contribution in [0.2, 0.25) is 0 Å². The van der Waals surface area contributed by atoms with E-state index in [0.717, 1.165) is 22.4 Å². The Labute approximate surface area is 148 Å². The number of amides is 1. The van der Waals surface area contributed by atoms with Gasteiger partial charge in [-0.05, 0) is 32.8 Å². The molecule has 2 aromatic rings. The van der Waals surface area contributed by atoms with Crippen molar-refractivity contribution in [1.82, 2.24) is 29.4 Å². The van der Waals surface area contributed by atoms with E-state index in [4.69, 9.17) is 0 Å². The van der Waals surface area contributed by atoms with E-state index >= 15 is 0 Å². The molecular weight excluding hydrogens is 349 g/mol. The zero-order valence-corrected chi connectivity index (χ0v) is 14.9. The quantitative estimate of drug-likeness (QED) is 0.829. The third-order valence-corrected chi connectivity index (χ3v) is 4.74. The maximum absolute atomic E-state index is 13.0. The van der Waals surface area contributed by atoms with Gasteiger partial charge in [0.05, 0.1) is 11.7 Å². The van der Waals surface area contributed by atoms with Crippen LogP contribution in [0.25, 0.3) is 0 Å². The Morgan fingerprint density at radius 3 is 2.65 bits per heavy atom. The van der Waals surface area contributed by atoms with Gasteiger partial charge in [-0.2, -0.15) is 18.3 Å². The van der Waals surface area contributed by atoms with Crippen molar-refractivity contribution < 1.29 is 18.0 Å². The van der Waals surface area contributed by atoms with Gasteiger partial charge in [0, 0.05) is 32.3 Å². The molecule has 0 spiro atoms. The van der Waals surface area contributed by atoms with Crippen molar-refractivity contribution in [2.24, 2.45) is 0 Å². The maximum atomic E-state index is 13.0. The molecule has 0 bridgehead atoms. The van der Waals surface area contributed by atoms with Crippen molar-refractivity contribution in [3.63, 3.8) is 0 Å². The average Bonchev–Trinajstić information content (AvgIpc) is 3.16. The van der Waals surface area contributed by atoms with E-state index < -0.39 is 18.0 Å². The molecule has 0 aliphatic carbocycles. The Hall–Kier alpha value is -2.39. The van der Waals surface area contributed by atoms with E-state index in [9.17, 15) is 18.0 Å². The molecule has 0 radical (unpaired) electrons. The third-order valence-electron chi connectivity index (χ3n) is 4.74. The molecule has 0 saturated heterocycles. The highest BCUT2D eigenvalue weighted by atomic mass is 19.4. The summed E-state index contributed by atoms with van der Waals surface area (Å²) < 4.78 is 41.8. The first kappa shape index (κ1) is 18.4. The molecule has 1 aliphatic rings. The van der Waals surface area contributed by atoms with Crippen LogP contribution in [0.5, 0.6) is 0 Å². The predicted molar refractivity (Wildman–Crippen MR) is 86.1 cm³/mol. The second-order valence-electron chi connectivity index (χ2n) is 6.39. The number of halogens is 3. The largest absolute Gasteiger partial charge is 0.451 e. The average molecular weight is 370 g/mol. The molecule has 0 saturated carbocycles. The van der Waals surface area contributed by atoms with Gasteiger partial charge < -0.3 is 9.47 Å². The first-order valence-corrected chi connectivity index (χ1v) is 8.55. The zero-order chi connectivity index (χ0) is 19.1. The van der Waals surface area contributed by atoms with E-state index in [0.29, 0.717) is 6.42 Å². The molecule has 7 nitrogen and oxygen atoms in total. The molecule has 10 heteroatoms. The number of carbonyl (C=O) groups is 1. The Morgan fingerprint density at radius 2 is 2.04 bits per heavy atom. The minimum atomic E-state index is -4.55. The number of hydrogen-bond donors (Lipinski definition) is 0. The smallest absolute Gasteiger partial charge is 0.331 e. The van der Waals surface area contributed by atoms with E-state index in [1.165, 1.54) is 0 Å². The van der Waals surface area contributed by atoms with Crippen molar-refractivity contribution in [2.45, 2.75) is 58.9 Å². The Kier molecular flexibility index (Phi) is 4.76. The van der Waals surface area contributed by atoms with Gasteiger partial charge in [-0.25, -0.2) is 0 Å². The van der Waals surface area contributed by atoms with Crippen molar-refractivity contribution in [3.8, 4) is 0 Å². The van der Waals surface area contributed by atoms with Gasteiger partial charge in [-0.3, -0.25) is 9.48 Å². The number of hydrogen-bond acceptors (Lipinski definition) is 4. The molecule has 3 rings (SSSR count). The number of rotatable bonds is 4. The second kappa shape index (κ2) is 6.73. The summed E-state index contributed by atoms with van der Waals surface area (Å²) in [5, 5.41) is 11.3. The minimum Gasteiger partial charge on any atom is -0.331 e. The SMILES string of the molecule is CCn1cc(CCC(=O)N2CCn3c(nnc3C(F)(F)F)C2C)c(C)n1. The van der Waals surface area contributed by atoms with Crippen molar-refractivity contribution in [1.29, 1.82) is 0 Å². The number of aryl methyl sites for hydroxylation is 3. The summed E-state index contributed by atoms with van der Waals surface area (Å²) in [4.78, 5) is 14.2. The molecule has 1 unspecified atom stereocenters. The molecule has 3 heterocycles. The molecule has 0 N–H and O–H groups in total. The van der Waals surface area contributed by atoms with Gasteiger partial charge in [-0.1, -0.05) is 0 Å². The third kappa shape index (κ3) is 3.32. The standard InChI is InChI=1S/C16H21F3N6O/c1-4-23-9-12(10(2)22-23)5-6-13(26)24-7-8-25-14(11(24)3)20-21-15(25)16(17,18)19/h9,11H,4-8H2,1-3H3. The summed E-state index contributed by atoms with van der Waals surface area (Å²) in [6.07, 6.45) is -1.79. The van der Waals surface area contributed by atoms with E-state index in [1.54, 1.807) is 11.8 Å². The van der Waals surface area contributed by atoms with Crippen LogP contribution in [-0.2, 0) is 30.5 Å². The van der Waals surface area contributed by atoms with Crippen LogP contribution in [0.4, 0.5) is 13.2 Å². The zero-order valence-electron chi connectivity index (χ0n) is 14.9. The normalized spacial score (nSPS) is 17.5. The summed E-state index contributed by atoms with van der Waals surface area (Å²) in [6.45, 7) is 6.58. The topological polar surface area (TPSA) is 68.8 Å². The highest BCUT2D eigenvalue weighted by Gasteiger charge is 2.41. The number of aromatic nitrogens is 5. The first-order chi connectivity index (χ1) is 12.2. The van der Waals surface area contributed by atoms with Crippen LogP contribution in [-0.4, -0.2) is 41.9 Å². The van der Waals surface area contributed by atoms with Crippen LogP contribution in [0.3, 0.4) is 0 Å². The monoisotopic (exact) mass is 370 g/mol. The van der Waals surface area contributed by atoms with Gasteiger partial charge in [0.1, 0.15) is 0 Å². The number of alkyl halides is 3. The summed E-state index contributed by atoms with van der Waals surface area (Å²) in [5.74, 6) is -0.940.